The quantitative estimate of drug-likeness (QED) is 0.741. The van der Waals surface area contributed by atoms with E-state index < -0.39 is 12.0 Å². The van der Waals surface area contributed by atoms with Crippen molar-refractivity contribution in [1.82, 2.24) is 4.90 Å². The second-order valence-electron chi connectivity index (χ2n) is 4.98. The Kier molecular flexibility index (Phi) is 4.98. The van der Waals surface area contributed by atoms with Crippen LogP contribution in [0.5, 0.6) is 0 Å². The molecular weight excluding hydrogens is 373 g/mol. The second kappa shape index (κ2) is 6.53. The van der Waals surface area contributed by atoms with E-state index >= 15 is 0 Å². The number of aliphatic hydroxyl groups is 1. The zero-order valence-electron chi connectivity index (χ0n) is 10.8. The number of aliphatic hydroxyl groups excluding tert-OH is 1. The fraction of sp³-hybridized carbons (Fsp3) is 0.429. The topological polar surface area (TPSA) is 77.8 Å². The van der Waals surface area contributed by atoms with Gasteiger partial charge in [0.15, 0.2) is 0 Å². The number of rotatable bonds is 5. The third-order valence-corrected chi connectivity index (χ3v) is 4.22. The number of carboxylic acids is 1. The molecule has 1 fully saturated rings. The fourth-order valence-corrected chi connectivity index (χ4v) is 2.77. The molecule has 1 aliphatic heterocycles. The lowest BCUT2D eigenvalue weighted by Gasteiger charge is -2.24. The van der Waals surface area contributed by atoms with E-state index in [-0.39, 0.29) is 31.3 Å². The molecule has 108 valence electrons. The van der Waals surface area contributed by atoms with Crippen LogP contribution in [0.15, 0.2) is 24.3 Å². The third-order valence-electron chi connectivity index (χ3n) is 3.50. The number of amides is 1. The first kappa shape index (κ1) is 15.2. The summed E-state index contributed by atoms with van der Waals surface area (Å²) >= 11 is 2.18. The van der Waals surface area contributed by atoms with Crippen LogP contribution >= 0.6 is 22.6 Å². The summed E-state index contributed by atoms with van der Waals surface area (Å²) in [5.74, 6) is -1.35. The third kappa shape index (κ3) is 3.49. The Morgan fingerprint density at radius 2 is 2.05 bits per heavy atom. The van der Waals surface area contributed by atoms with Gasteiger partial charge in [-0.25, -0.2) is 4.79 Å². The number of carboxylic acid groups (broad SMARTS) is 1. The molecule has 6 heteroatoms. The summed E-state index contributed by atoms with van der Waals surface area (Å²) in [6.45, 7) is 0.231. The van der Waals surface area contributed by atoms with E-state index in [1.807, 2.05) is 24.3 Å². The van der Waals surface area contributed by atoms with Gasteiger partial charge in [-0.1, -0.05) is 12.1 Å². The first-order valence-corrected chi connectivity index (χ1v) is 7.46. The summed E-state index contributed by atoms with van der Waals surface area (Å²) in [5.41, 5.74) is 0.887. The van der Waals surface area contributed by atoms with Crippen LogP contribution in [0.4, 0.5) is 0 Å². The van der Waals surface area contributed by atoms with E-state index in [4.69, 9.17) is 5.11 Å². The Balaban J connectivity index is 2.13. The summed E-state index contributed by atoms with van der Waals surface area (Å²) in [5, 5.41) is 18.5. The van der Waals surface area contributed by atoms with Crippen molar-refractivity contribution in [2.75, 3.05) is 13.2 Å². The van der Waals surface area contributed by atoms with E-state index in [0.717, 1.165) is 9.13 Å². The van der Waals surface area contributed by atoms with Crippen molar-refractivity contribution in [1.29, 1.82) is 0 Å². The number of carbonyl (C=O) groups is 2. The van der Waals surface area contributed by atoms with Crippen LogP contribution in [-0.2, 0) is 16.0 Å². The summed E-state index contributed by atoms with van der Waals surface area (Å²) in [6.07, 6.45) is 0.517. The van der Waals surface area contributed by atoms with Crippen molar-refractivity contribution in [3.63, 3.8) is 0 Å². The predicted molar refractivity (Wildman–Crippen MR) is 81.2 cm³/mol. The van der Waals surface area contributed by atoms with Gasteiger partial charge in [-0.05, 0) is 40.3 Å². The lowest BCUT2D eigenvalue weighted by atomic mass is 10.0. The van der Waals surface area contributed by atoms with Crippen molar-refractivity contribution < 1.29 is 19.8 Å². The largest absolute Gasteiger partial charge is 0.480 e. The molecule has 0 bridgehead atoms. The molecule has 1 saturated heterocycles. The lowest BCUT2D eigenvalue weighted by molar-refractivity contribution is -0.148. The molecule has 0 aliphatic carbocycles. The number of benzene rings is 1. The molecule has 2 N–H and O–H groups in total. The van der Waals surface area contributed by atoms with Crippen LogP contribution in [0.25, 0.3) is 0 Å². The van der Waals surface area contributed by atoms with Gasteiger partial charge in [0.2, 0.25) is 5.91 Å². The van der Waals surface area contributed by atoms with Crippen molar-refractivity contribution in [3.8, 4) is 0 Å². The van der Waals surface area contributed by atoms with E-state index in [0.29, 0.717) is 6.54 Å². The highest BCUT2D eigenvalue weighted by Gasteiger charge is 2.37. The number of hydrogen-bond acceptors (Lipinski definition) is 3. The number of aliphatic carboxylic acids is 1. The average Bonchev–Trinajstić information content (AvgIpc) is 2.79. The van der Waals surface area contributed by atoms with Crippen LogP contribution in [0, 0.1) is 9.49 Å². The molecular formula is C14H16INO4. The molecule has 1 amide bonds. The van der Waals surface area contributed by atoms with Crippen LogP contribution in [0.2, 0.25) is 0 Å². The molecule has 0 radical (unpaired) electrons. The normalized spacial score (nSPS) is 20.2. The van der Waals surface area contributed by atoms with Crippen LogP contribution in [-0.4, -0.2) is 46.2 Å². The van der Waals surface area contributed by atoms with Gasteiger partial charge < -0.3 is 15.1 Å². The van der Waals surface area contributed by atoms with Gasteiger partial charge in [0, 0.05) is 35.5 Å². The molecule has 1 aromatic rings. The highest BCUT2D eigenvalue weighted by atomic mass is 127. The first-order chi connectivity index (χ1) is 9.51. The number of nitrogens with zero attached hydrogens (tertiary/aromatic N) is 1. The fourth-order valence-electron chi connectivity index (χ4n) is 2.41. The van der Waals surface area contributed by atoms with Crippen molar-refractivity contribution >= 4 is 34.5 Å². The van der Waals surface area contributed by atoms with Gasteiger partial charge in [-0.15, -0.1) is 0 Å². The Hall–Kier alpha value is -1.15. The Labute approximate surface area is 130 Å². The minimum atomic E-state index is -1.00. The summed E-state index contributed by atoms with van der Waals surface area (Å²) in [4.78, 5) is 24.7. The van der Waals surface area contributed by atoms with Gasteiger partial charge in [0.1, 0.15) is 6.04 Å². The summed E-state index contributed by atoms with van der Waals surface area (Å²) in [6, 6.07) is 6.72. The number of halogens is 1. The van der Waals surface area contributed by atoms with Gasteiger partial charge in [-0.2, -0.15) is 0 Å². The molecule has 20 heavy (non-hydrogen) atoms. The Morgan fingerprint density at radius 1 is 1.40 bits per heavy atom. The van der Waals surface area contributed by atoms with Gasteiger partial charge in [-0.3, -0.25) is 4.79 Å². The SMILES string of the molecule is O=C(O)C(Cc1ccc(I)cc1)N1CC(CO)CC1=O. The zero-order valence-corrected chi connectivity index (χ0v) is 13.0. The number of carbonyl (C=O) groups excluding carboxylic acids is 1. The van der Waals surface area contributed by atoms with Crippen LogP contribution in [0.3, 0.4) is 0 Å². The van der Waals surface area contributed by atoms with Gasteiger partial charge in [0.05, 0.1) is 0 Å². The maximum absolute atomic E-state index is 11.9. The molecule has 2 rings (SSSR count). The van der Waals surface area contributed by atoms with Crippen LogP contribution in [0.1, 0.15) is 12.0 Å². The molecule has 1 heterocycles. The molecule has 0 saturated carbocycles. The highest BCUT2D eigenvalue weighted by molar-refractivity contribution is 14.1. The minimum absolute atomic E-state index is 0.0852. The van der Waals surface area contributed by atoms with E-state index in [9.17, 15) is 14.7 Å². The van der Waals surface area contributed by atoms with Crippen LogP contribution < -0.4 is 0 Å². The van der Waals surface area contributed by atoms with Crippen molar-refractivity contribution in [3.05, 3.63) is 33.4 Å². The standard InChI is InChI=1S/C14H16INO4/c15-11-3-1-9(2-4-11)5-12(14(19)20)16-7-10(8-17)6-13(16)18/h1-4,10,12,17H,5-8H2,(H,19,20). The van der Waals surface area contributed by atoms with E-state index in [1.165, 1.54) is 4.90 Å². The monoisotopic (exact) mass is 389 g/mol. The average molecular weight is 389 g/mol. The summed E-state index contributed by atoms with van der Waals surface area (Å²) in [7, 11) is 0. The molecule has 2 unspecified atom stereocenters. The Morgan fingerprint density at radius 3 is 2.55 bits per heavy atom. The molecule has 5 nitrogen and oxygen atoms in total. The van der Waals surface area contributed by atoms with E-state index in [2.05, 4.69) is 22.6 Å². The Bertz CT molecular complexity index is 502. The highest BCUT2D eigenvalue weighted by Crippen LogP contribution is 2.22. The second-order valence-corrected chi connectivity index (χ2v) is 6.23. The maximum atomic E-state index is 11.9. The lowest BCUT2D eigenvalue weighted by Crippen LogP contribution is -2.43. The zero-order chi connectivity index (χ0) is 14.7. The molecule has 0 spiro atoms. The predicted octanol–water partition coefficient (Wildman–Crippen LogP) is 1.13. The molecule has 0 aromatic heterocycles. The summed E-state index contributed by atoms with van der Waals surface area (Å²) < 4.78 is 1.08. The molecule has 1 aliphatic rings. The number of hydrogen-bond donors (Lipinski definition) is 2. The maximum Gasteiger partial charge on any atom is 0.326 e. The van der Waals surface area contributed by atoms with Crippen molar-refractivity contribution in [2.45, 2.75) is 18.9 Å². The van der Waals surface area contributed by atoms with Crippen molar-refractivity contribution in [2.24, 2.45) is 5.92 Å². The number of likely N-dealkylation sites (tertiary alicyclic amines) is 1. The first-order valence-electron chi connectivity index (χ1n) is 6.39. The molecule has 2 atom stereocenters. The van der Waals surface area contributed by atoms with Gasteiger partial charge in [0.25, 0.3) is 0 Å². The minimum Gasteiger partial charge on any atom is -0.480 e. The smallest absolute Gasteiger partial charge is 0.326 e. The van der Waals surface area contributed by atoms with E-state index in [1.54, 1.807) is 0 Å². The van der Waals surface area contributed by atoms with Gasteiger partial charge >= 0.3 is 5.97 Å². The molecule has 1 aromatic carbocycles.